The van der Waals surface area contributed by atoms with Crippen molar-refractivity contribution in [2.45, 2.75) is 90.2 Å². The number of hydrogen-bond donors (Lipinski definition) is 4. The van der Waals surface area contributed by atoms with E-state index >= 15 is 0 Å². The summed E-state index contributed by atoms with van der Waals surface area (Å²) in [6.45, 7) is 4.63. The van der Waals surface area contributed by atoms with Crippen molar-refractivity contribution in [1.29, 1.82) is 0 Å². The molecule has 2 aliphatic heterocycles. The summed E-state index contributed by atoms with van der Waals surface area (Å²) in [5.74, 6) is -3.13. The van der Waals surface area contributed by atoms with Gasteiger partial charge in [-0.3, -0.25) is 24.1 Å². The minimum atomic E-state index is -1.88. The lowest BCUT2D eigenvalue weighted by Crippen LogP contribution is -2.61. The highest BCUT2D eigenvalue weighted by molar-refractivity contribution is 6.14. The molecule has 1 saturated heterocycles. The third-order valence-corrected chi connectivity index (χ3v) is 6.81. The molecule has 4 N–H and O–H groups in total. The minimum absolute atomic E-state index is 0.120. The van der Waals surface area contributed by atoms with Crippen molar-refractivity contribution < 1.29 is 58.6 Å². The molecule has 0 aliphatic carbocycles. The van der Waals surface area contributed by atoms with Gasteiger partial charge in [0.15, 0.2) is 11.9 Å². The number of Topliss-reactive ketones (excluding diaryl/α,β-unsaturated/α-hetero) is 1. The van der Waals surface area contributed by atoms with Crippen molar-refractivity contribution in [3.05, 3.63) is 41.5 Å². The highest BCUT2D eigenvalue weighted by Gasteiger charge is 2.48. The monoisotopic (exact) mass is 591 g/mol. The Kier molecular flexibility index (Phi) is 11.0. The van der Waals surface area contributed by atoms with Crippen molar-refractivity contribution in [2.75, 3.05) is 6.54 Å². The number of carbonyl (C=O) groups is 5. The summed E-state index contributed by atoms with van der Waals surface area (Å²) in [6.07, 6.45) is -4.10. The third-order valence-electron chi connectivity index (χ3n) is 6.81. The molecule has 3 rings (SSSR count). The molecule has 1 aromatic rings. The molecule has 1 fully saturated rings. The van der Waals surface area contributed by atoms with Crippen LogP contribution in [0.15, 0.2) is 30.4 Å². The maximum absolute atomic E-state index is 12.3. The van der Waals surface area contributed by atoms with Gasteiger partial charge < -0.3 is 34.6 Å². The molecule has 13 heteroatoms. The molecule has 2 heterocycles. The van der Waals surface area contributed by atoms with Crippen LogP contribution in [-0.2, 0) is 46.5 Å². The lowest BCUT2D eigenvalue weighted by Gasteiger charge is -2.38. The van der Waals surface area contributed by atoms with Crippen LogP contribution in [0.5, 0.6) is 5.75 Å². The molecule has 13 nitrogen and oxygen atoms in total. The molecule has 230 valence electrons. The van der Waals surface area contributed by atoms with E-state index in [0.717, 1.165) is 22.6 Å². The van der Waals surface area contributed by atoms with Crippen LogP contribution >= 0.6 is 0 Å². The number of carboxylic acids is 1. The highest BCUT2D eigenvalue weighted by atomic mass is 16.7. The second-order valence-corrected chi connectivity index (χ2v) is 11.3. The van der Waals surface area contributed by atoms with E-state index in [2.05, 4.69) is 0 Å². The number of rotatable bonds is 13. The first-order valence-electron chi connectivity index (χ1n) is 13.6. The molecular weight excluding hydrogens is 554 g/mol. The summed E-state index contributed by atoms with van der Waals surface area (Å²) in [7, 11) is 0. The molecule has 0 radical (unpaired) electrons. The second kappa shape index (κ2) is 14.0. The maximum atomic E-state index is 12.3. The van der Waals surface area contributed by atoms with E-state index in [-0.39, 0.29) is 31.1 Å². The zero-order valence-electron chi connectivity index (χ0n) is 23.7. The van der Waals surface area contributed by atoms with Crippen molar-refractivity contribution in [3.63, 3.8) is 0 Å². The quantitative estimate of drug-likeness (QED) is 0.142. The Hall–Kier alpha value is -3.65. The van der Waals surface area contributed by atoms with Crippen LogP contribution in [0.2, 0.25) is 0 Å². The lowest BCUT2D eigenvalue weighted by molar-refractivity contribution is -0.271. The average molecular weight is 592 g/mol. The number of nitrogens with zero attached hydrogens (tertiary/aromatic N) is 1. The first-order chi connectivity index (χ1) is 19.7. The van der Waals surface area contributed by atoms with Gasteiger partial charge in [-0.05, 0) is 51.7 Å². The Balaban J connectivity index is 1.64. The van der Waals surface area contributed by atoms with Crippen molar-refractivity contribution >= 4 is 29.5 Å². The molecule has 42 heavy (non-hydrogen) atoms. The number of aliphatic carboxylic acids is 1. The van der Waals surface area contributed by atoms with Crippen LogP contribution in [0.1, 0.15) is 57.6 Å². The molecule has 0 spiro atoms. The second-order valence-electron chi connectivity index (χ2n) is 11.3. The zero-order chi connectivity index (χ0) is 31.2. The number of aryl methyl sites for hydroxylation is 1. The first kappa shape index (κ1) is 32.9. The van der Waals surface area contributed by atoms with Crippen LogP contribution in [0.25, 0.3) is 0 Å². The van der Waals surface area contributed by atoms with Gasteiger partial charge in [0.1, 0.15) is 30.7 Å². The van der Waals surface area contributed by atoms with Gasteiger partial charge in [-0.15, -0.1) is 0 Å². The van der Waals surface area contributed by atoms with E-state index in [0.29, 0.717) is 31.2 Å². The van der Waals surface area contributed by atoms with E-state index in [4.69, 9.17) is 14.2 Å². The van der Waals surface area contributed by atoms with Gasteiger partial charge in [0.2, 0.25) is 6.29 Å². The lowest BCUT2D eigenvalue weighted by atomic mass is 9.97. The number of amides is 2. The summed E-state index contributed by atoms with van der Waals surface area (Å²) in [5, 5.41) is 39.9. The third kappa shape index (κ3) is 8.44. The highest BCUT2D eigenvalue weighted by Crippen LogP contribution is 2.29. The van der Waals surface area contributed by atoms with E-state index in [1.165, 1.54) is 0 Å². The number of carbonyl (C=O) groups excluding carboxylic acids is 4. The van der Waals surface area contributed by atoms with Crippen LogP contribution in [0.3, 0.4) is 0 Å². The first-order valence-corrected chi connectivity index (χ1v) is 13.6. The molecule has 0 aromatic heterocycles. The standard InChI is InChI=1S/C29H37NO12/c1-29(2,3)28(39)40-15-17-10-9-16(7-5-4-6-8-18(31)14-30-20(32)11-12-21(30)33)13-19(17)41-27-24(36)22(34)23(35)25(42-27)26(37)38/h9-13,22-25,27,34-36H,4-8,14-15H2,1-3H3,(H,37,38)/t22-,23-,24+,25-,27+/m0/s1. The fourth-order valence-corrected chi connectivity index (χ4v) is 4.29. The van der Waals surface area contributed by atoms with Gasteiger partial charge in [-0.2, -0.15) is 0 Å². The summed E-state index contributed by atoms with van der Waals surface area (Å²) in [5.41, 5.74) is 0.407. The predicted molar refractivity (Wildman–Crippen MR) is 144 cm³/mol. The number of ketones is 1. The normalized spacial score (nSPS) is 24.1. The zero-order valence-corrected chi connectivity index (χ0v) is 23.7. The number of benzene rings is 1. The van der Waals surface area contributed by atoms with Gasteiger partial charge in [-0.1, -0.05) is 18.6 Å². The largest absolute Gasteiger partial charge is 0.479 e. The van der Waals surface area contributed by atoms with Gasteiger partial charge in [0, 0.05) is 24.1 Å². The number of ether oxygens (including phenoxy) is 3. The molecule has 2 amide bonds. The SMILES string of the molecule is CC(C)(C)C(=O)OCc1ccc(CCCCCC(=O)CN2C(=O)C=CC2=O)cc1O[C@@H]1O[C@H](C(=O)O)[C@@H](O)[C@H](O)[C@H]1O. The average Bonchev–Trinajstić information content (AvgIpc) is 3.23. The molecule has 0 saturated carbocycles. The summed E-state index contributed by atoms with van der Waals surface area (Å²) < 4.78 is 16.4. The number of imide groups is 1. The number of carboxylic acid groups (broad SMARTS) is 1. The van der Waals surface area contributed by atoms with Crippen LogP contribution in [-0.4, -0.2) is 92.1 Å². The van der Waals surface area contributed by atoms with Gasteiger partial charge in [0.25, 0.3) is 11.8 Å². The fourth-order valence-electron chi connectivity index (χ4n) is 4.29. The Bertz CT molecular complexity index is 1200. The van der Waals surface area contributed by atoms with Crippen LogP contribution in [0.4, 0.5) is 0 Å². The number of esters is 1. The van der Waals surface area contributed by atoms with E-state index in [9.17, 15) is 44.4 Å². The minimum Gasteiger partial charge on any atom is -0.479 e. The van der Waals surface area contributed by atoms with Crippen LogP contribution in [0, 0.1) is 5.41 Å². The number of unbranched alkanes of at least 4 members (excludes halogenated alkanes) is 2. The van der Waals surface area contributed by atoms with Crippen LogP contribution < -0.4 is 4.74 Å². The molecular formula is C29H37NO12. The topological polar surface area (TPSA) is 197 Å². The summed E-state index contributed by atoms with van der Waals surface area (Å²) >= 11 is 0. The Labute approximate surface area is 242 Å². The van der Waals surface area contributed by atoms with Crippen molar-refractivity contribution in [2.24, 2.45) is 5.41 Å². The summed E-state index contributed by atoms with van der Waals surface area (Å²) in [4.78, 5) is 60.1. The maximum Gasteiger partial charge on any atom is 0.335 e. The molecule has 0 unspecified atom stereocenters. The predicted octanol–water partition coefficient (Wildman–Crippen LogP) is 0.644. The fraction of sp³-hybridized carbons (Fsp3) is 0.552. The number of aliphatic hydroxyl groups excluding tert-OH is 3. The van der Waals surface area contributed by atoms with Crippen molar-refractivity contribution in [1.82, 2.24) is 4.90 Å². The Morgan fingerprint density at radius 3 is 2.24 bits per heavy atom. The molecule has 0 bridgehead atoms. The number of hydrogen-bond acceptors (Lipinski definition) is 11. The Morgan fingerprint density at radius 1 is 0.952 bits per heavy atom. The Morgan fingerprint density at radius 2 is 1.62 bits per heavy atom. The number of aliphatic hydroxyl groups is 3. The van der Waals surface area contributed by atoms with Gasteiger partial charge in [0.05, 0.1) is 12.0 Å². The molecule has 2 aliphatic rings. The van der Waals surface area contributed by atoms with E-state index in [1.54, 1.807) is 39.0 Å². The van der Waals surface area contributed by atoms with E-state index < -0.39 is 59.9 Å². The van der Waals surface area contributed by atoms with E-state index in [1.807, 2.05) is 0 Å². The smallest absolute Gasteiger partial charge is 0.335 e. The molecule has 1 aromatic carbocycles. The van der Waals surface area contributed by atoms with Crippen molar-refractivity contribution in [3.8, 4) is 5.75 Å². The van der Waals surface area contributed by atoms with Gasteiger partial charge >= 0.3 is 11.9 Å². The van der Waals surface area contributed by atoms with Gasteiger partial charge in [-0.25, -0.2) is 4.79 Å². The molecule has 5 atom stereocenters. The summed E-state index contributed by atoms with van der Waals surface area (Å²) in [6, 6.07) is 5.05.